The summed E-state index contributed by atoms with van der Waals surface area (Å²) in [4.78, 5) is 21.9. The Morgan fingerprint density at radius 2 is 1.88 bits per heavy atom. The summed E-state index contributed by atoms with van der Waals surface area (Å²) in [6.45, 7) is 7.39. The Morgan fingerprint density at radius 3 is 2.50 bits per heavy atom. The van der Waals surface area contributed by atoms with Crippen LogP contribution in [0.2, 0.25) is 0 Å². The molecule has 0 aliphatic carbocycles. The molecule has 1 aromatic heterocycles. The summed E-state index contributed by atoms with van der Waals surface area (Å²) in [6.07, 6.45) is 0.108. The van der Waals surface area contributed by atoms with Gasteiger partial charge in [0.2, 0.25) is 11.8 Å². The molecule has 2 heterocycles. The van der Waals surface area contributed by atoms with E-state index in [1.807, 2.05) is 49.1 Å². The quantitative estimate of drug-likeness (QED) is 0.649. The van der Waals surface area contributed by atoms with Crippen molar-refractivity contribution in [2.24, 2.45) is 0 Å². The van der Waals surface area contributed by atoms with E-state index < -0.39 is 4.92 Å². The Kier molecular flexibility index (Phi) is 5.32. The molecule has 0 amide bonds. The Bertz CT molecular complexity index is 774. The van der Waals surface area contributed by atoms with Crippen LogP contribution in [0.15, 0.2) is 30.3 Å². The molecule has 2 atom stereocenters. The van der Waals surface area contributed by atoms with Gasteiger partial charge < -0.3 is 15.0 Å². The molecule has 1 fully saturated rings. The number of aryl methyl sites for hydroxylation is 1. The molecule has 1 N–H and O–H groups in total. The van der Waals surface area contributed by atoms with Crippen LogP contribution in [0, 0.1) is 17.0 Å². The number of nitro groups is 1. The number of benzene rings is 1. The maximum atomic E-state index is 11.5. The fourth-order valence-electron chi connectivity index (χ4n) is 3.16. The average Bonchev–Trinajstić information content (AvgIpc) is 2.59. The summed E-state index contributed by atoms with van der Waals surface area (Å²) in [5.74, 6) is 0.735. The molecular formula is C18H23N5O3. The smallest absolute Gasteiger partial charge is 0.332 e. The molecule has 0 radical (unpaired) electrons. The van der Waals surface area contributed by atoms with E-state index in [1.165, 1.54) is 0 Å². The lowest BCUT2D eigenvalue weighted by molar-refractivity contribution is -0.385. The first-order chi connectivity index (χ1) is 12.4. The second-order valence-electron chi connectivity index (χ2n) is 6.56. The maximum Gasteiger partial charge on any atom is 0.332 e. The van der Waals surface area contributed by atoms with Gasteiger partial charge in [-0.05, 0) is 26.3 Å². The van der Waals surface area contributed by atoms with Crippen molar-refractivity contribution in [3.63, 3.8) is 0 Å². The summed E-state index contributed by atoms with van der Waals surface area (Å²) < 4.78 is 5.74. The third-order valence-corrected chi connectivity index (χ3v) is 4.23. The minimum absolute atomic E-state index is 0.0542. The molecule has 0 spiro atoms. The fraction of sp³-hybridized carbons (Fsp3) is 0.444. The predicted molar refractivity (Wildman–Crippen MR) is 99.4 cm³/mol. The highest BCUT2D eigenvalue weighted by atomic mass is 16.6. The topological polar surface area (TPSA) is 93.4 Å². The maximum absolute atomic E-state index is 11.5. The molecule has 0 unspecified atom stereocenters. The molecule has 26 heavy (non-hydrogen) atoms. The van der Waals surface area contributed by atoms with Crippen molar-refractivity contribution in [2.75, 3.05) is 23.3 Å². The molecule has 0 bridgehead atoms. The third-order valence-electron chi connectivity index (χ3n) is 4.23. The normalized spacial score (nSPS) is 20.0. The zero-order valence-electron chi connectivity index (χ0n) is 15.2. The molecule has 8 heteroatoms. The Balaban J connectivity index is 1.90. The van der Waals surface area contributed by atoms with E-state index in [2.05, 4.69) is 15.3 Å². The molecule has 0 saturated carbocycles. The number of anilines is 2. The number of hydrogen-bond acceptors (Lipinski definition) is 7. The van der Waals surface area contributed by atoms with Crippen molar-refractivity contribution in [1.82, 2.24) is 9.97 Å². The molecule has 1 aromatic carbocycles. The Labute approximate surface area is 152 Å². The lowest BCUT2D eigenvalue weighted by Gasteiger charge is -2.35. The lowest BCUT2D eigenvalue weighted by Crippen LogP contribution is -2.46. The van der Waals surface area contributed by atoms with Crippen LogP contribution in [0.4, 0.5) is 17.5 Å². The van der Waals surface area contributed by atoms with E-state index in [4.69, 9.17) is 4.74 Å². The fourth-order valence-corrected chi connectivity index (χ4v) is 3.16. The molecule has 3 rings (SSSR count). The highest BCUT2D eigenvalue weighted by Crippen LogP contribution is 2.29. The van der Waals surface area contributed by atoms with Crippen LogP contribution in [0.3, 0.4) is 0 Å². The number of ether oxygens (including phenoxy) is 1. The summed E-state index contributed by atoms with van der Waals surface area (Å²) in [7, 11) is 0. The molecule has 2 aromatic rings. The van der Waals surface area contributed by atoms with Crippen LogP contribution in [-0.2, 0) is 11.3 Å². The second kappa shape index (κ2) is 7.65. The predicted octanol–water partition coefficient (Wildman–Crippen LogP) is 2.92. The first-order valence-corrected chi connectivity index (χ1v) is 8.65. The van der Waals surface area contributed by atoms with Gasteiger partial charge in [0.1, 0.15) is 5.69 Å². The Morgan fingerprint density at radius 1 is 1.23 bits per heavy atom. The number of morpholine rings is 1. The van der Waals surface area contributed by atoms with E-state index in [0.717, 1.165) is 5.56 Å². The first kappa shape index (κ1) is 18.1. The van der Waals surface area contributed by atoms with Gasteiger partial charge in [0.05, 0.1) is 17.1 Å². The van der Waals surface area contributed by atoms with E-state index in [0.29, 0.717) is 31.3 Å². The molecule has 1 aliphatic rings. The van der Waals surface area contributed by atoms with Crippen LogP contribution in [0.1, 0.15) is 25.1 Å². The molecular weight excluding hydrogens is 334 g/mol. The zero-order valence-corrected chi connectivity index (χ0v) is 15.2. The number of aromatic nitrogens is 2. The summed E-state index contributed by atoms with van der Waals surface area (Å²) in [5, 5.41) is 14.6. The van der Waals surface area contributed by atoms with Gasteiger partial charge in [-0.2, -0.15) is 4.98 Å². The van der Waals surface area contributed by atoms with E-state index in [1.54, 1.807) is 6.92 Å². The first-order valence-electron chi connectivity index (χ1n) is 8.65. The minimum Gasteiger partial charge on any atom is -0.372 e. The largest absolute Gasteiger partial charge is 0.372 e. The van der Waals surface area contributed by atoms with Crippen LogP contribution in [-0.4, -0.2) is 40.2 Å². The molecule has 8 nitrogen and oxygen atoms in total. The molecule has 138 valence electrons. The monoisotopic (exact) mass is 357 g/mol. The lowest BCUT2D eigenvalue weighted by atomic mass is 10.2. The van der Waals surface area contributed by atoms with Crippen molar-refractivity contribution >= 4 is 17.5 Å². The van der Waals surface area contributed by atoms with Crippen LogP contribution in [0.25, 0.3) is 0 Å². The SMILES string of the molecule is Cc1nc(N2C[C@@H](C)O[C@H](C)C2)nc(NCc2ccccc2)c1[N+](=O)[O-]. The van der Waals surface area contributed by atoms with Gasteiger partial charge in [-0.1, -0.05) is 30.3 Å². The van der Waals surface area contributed by atoms with Gasteiger partial charge in [-0.25, -0.2) is 4.98 Å². The standard InChI is InChI=1S/C18H23N5O3/c1-12-10-22(11-13(2)26-12)18-20-14(3)16(23(24)25)17(21-18)19-9-15-7-5-4-6-8-15/h4-8,12-13H,9-11H2,1-3H3,(H,19,20,21)/t12-,13-/m1/s1. The molecule has 1 saturated heterocycles. The van der Waals surface area contributed by atoms with Crippen LogP contribution >= 0.6 is 0 Å². The van der Waals surface area contributed by atoms with Gasteiger partial charge in [0.25, 0.3) is 0 Å². The van der Waals surface area contributed by atoms with Gasteiger partial charge in [-0.15, -0.1) is 0 Å². The van der Waals surface area contributed by atoms with Gasteiger partial charge >= 0.3 is 5.69 Å². The van der Waals surface area contributed by atoms with Crippen LogP contribution in [0.5, 0.6) is 0 Å². The van der Waals surface area contributed by atoms with Crippen molar-refractivity contribution in [3.05, 3.63) is 51.7 Å². The summed E-state index contributed by atoms with van der Waals surface area (Å²) >= 11 is 0. The minimum atomic E-state index is -0.434. The number of rotatable bonds is 5. The summed E-state index contributed by atoms with van der Waals surface area (Å²) in [6, 6.07) is 9.70. The van der Waals surface area contributed by atoms with Crippen LogP contribution < -0.4 is 10.2 Å². The highest BCUT2D eigenvalue weighted by Gasteiger charge is 2.28. The second-order valence-corrected chi connectivity index (χ2v) is 6.56. The van der Waals surface area contributed by atoms with Crippen molar-refractivity contribution in [3.8, 4) is 0 Å². The summed E-state index contributed by atoms with van der Waals surface area (Å²) in [5.41, 5.74) is 1.29. The average molecular weight is 357 g/mol. The van der Waals surface area contributed by atoms with Crippen molar-refractivity contribution in [1.29, 1.82) is 0 Å². The number of nitrogens with zero attached hydrogens (tertiary/aromatic N) is 4. The van der Waals surface area contributed by atoms with E-state index in [9.17, 15) is 10.1 Å². The zero-order chi connectivity index (χ0) is 18.7. The highest BCUT2D eigenvalue weighted by molar-refractivity contribution is 5.61. The van der Waals surface area contributed by atoms with E-state index in [-0.39, 0.29) is 23.7 Å². The van der Waals surface area contributed by atoms with Crippen molar-refractivity contribution in [2.45, 2.75) is 39.5 Å². The van der Waals surface area contributed by atoms with Gasteiger partial charge in [-0.3, -0.25) is 10.1 Å². The molecule has 1 aliphatic heterocycles. The van der Waals surface area contributed by atoms with E-state index >= 15 is 0 Å². The van der Waals surface area contributed by atoms with Gasteiger partial charge in [0.15, 0.2) is 0 Å². The number of nitrogens with one attached hydrogen (secondary N) is 1. The number of hydrogen-bond donors (Lipinski definition) is 1. The third kappa shape index (κ3) is 4.08. The van der Waals surface area contributed by atoms with Crippen molar-refractivity contribution < 1.29 is 9.66 Å². The van der Waals surface area contributed by atoms with Gasteiger partial charge in [0, 0.05) is 19.6 Å². The Hall–Kier alpha value is -2.74.